The van der Waals surface area contributed by atoms with Crippen molar-refractivity contribution in [2.45, 2.75) is 32.9 Å². The fourth-order valence-electron chi connectivity index (χ4n) is 1.59. The molecule has 0 unspecified atom stereocenters. The minimum atomic E-state index is -0.0687. The Morgan fingerprint density at radius 3 is 3.00 bits per heavy atom. The molecule has 0 aliphatic carbocycles. The van der Waals surface area contributed by atoms with Crippen LogP contribution in [0.15, 0.2) is 12.7 Å². The quantitative estimate of drug-likeness (QED) is 0.812. The van der Waals surface area contributed by atoms with Crippen LogP contribution in [0.3, 0.4) is 0 Å². The molecule has 2 aromatic heterocycles. The lowest BCUT2D eigenvalue weighted by Crippen LogP contribution is -2.34. The average Bonchev–Trinajstić information content (AvgIpc) is 2.74. The SMILES string of the molecule is CC[C@@H](C)NC(=O)Cn1cnc2c(N)ncnc21. The lowest BCUT2D eigenvalue weighted by atomic mass is 10.2. The number of carbonyl (C=O) groups excluding carboxylic acids is 1. The Bertz CT molecular complexity index is 564. The second kappa shape index (κ2) is 4.99. The van der Waals surface area contributed by atoms with Gasteiger partial charge in [-0.3, -0.25) is 4.79 Å². The number of nitrogens with two attached hydrogens (primary N) is 1. The first-order chi connectivity index (χ1) is 8.61. The Hall–Kier alpha value is -2.18. The fraction of sp³-hybridized carbons (Fsp3) is 0.455. The smallest absolute Gasteiger partial charge is 0.240 e. The minimum Gasteiger partial charge on any atom is -0.382 e. The van der Waals surface area contributed by atoms with Crippen molar-refractivity contribution >= 4 is 22.9 Å². The Morgan fingerprint density at radius 2 is 2.28 bits per heavy atom. The normalized spacial score (nSPS) is 12.6. The number of aromatic nitrogens is 4. The molecule has 2 heterocycles. The van der Waals surface area contributed by atoms with Crippen LogP contribution < -0.4 is 11.1 Å². The Balaban J connectivity index is 2.17. The highest BCUT2D eigenvalue weighted by atomic mass is 16.2. The van der Waals surface area contributed by atoms with Crippen LogP contribution in [0.5, 0.6) is 0 Å². The predicted octanol–water partition coefficient (Wildman–Crippen LogP) is 0.323. The lowest BCUT2D eigenvalue weighted by molar-refractivity contribution is -0.122. The number of amides is 1. The zero-order valence-corrected chi connectivity index (χ0v) is 10.4. The van der Waals surface area contributed by atoms with Crippen LogP contribution in [0.4, 0.5) is 5.82 Å². The van der Waals surface area contributed by atoms with Crippen LogP contribution in [0.2, 0.25) is 0 Å². The average molecular weight is 248 g/mol. The van der Waals surface area contributed by atoms with E-state index >= 15 is 0 Å². The summed E-state index contributed by atoms with van der Waals surface area (Å²) in [5.74, 6) is 0.252. The maximum absolute atomic E-state index is 11.8. The van der Waals surface area contributed by atoms with Gasteiger partial charge in [-0.25, -0.2) is 15.0 Å². The monoisotopic (exact) mass is 248 g/mol. The number of carbonyl (C=O) groups is 1. The van der Waals surface area contributed by atoms with E-state index in [1.165, 1.54) is 6.33 Å². The van der Waals surface area contributed by atoms with Crippen LogP contribution >= 0.6 is 0 Å². The number of hydrogen-bond donors (Lipinski definition) is 2. The van der Waals surface area contributed by atoms with Gasteiger partial charge in [0.05, 0.1) is 6.33 Å². The van der Waals surface area contributed by atoms with Crippen molar-refractivity contribution in [1.82, 2.24) is 24.8 Å². The van der Waals surface area contributed by atoms with E-state index in [1.807, 2.05) is 13.8 Å². The first-order valence-electron chi connectivity index (χ1n) is 5.82. The van der Waals surface area contributed by atoms with Gasteiger partial charge in [0.15, 0.2) is 11.5 Å². The standard InChI is InChI=1S/C11H16N6O/c1-3-7(2)16-8(18)4-17-6-15-9-10(12)13-5-14-11(9)17/h5-7H,3-4H2,1-2H3,(H,16,18)(H2,12,13,14)/t7-/m1/s1. The molecular weight excluding hydrogens is 232 g/mol. The molecule has 0 saturated carbocycles. The van der Waals surface area contributed by atoms with E-state index in [-0.39, 0.29) is 18.5 Å². The lowest BCUT2D eigenvalue weighted by Gasteiger charge is -2.11. The van der Waals surface area contributed by atoms with Crippen molar-refractivity contribution in [3.05, 3.63) is 12.7 Å². The van der Waals surface area contributed by atoms with E-state index < -0.39 is 0 Å². The van der Waals surface area contributed by atoms with Crippen LogP contribution in [0.25, 0.3) is 11.2 Å². The van der Waals surface area contributed by atoms with Gasteiger partial charge in [-0.05, 0) is 13.3 Å². The Kier molecular flexibility index (Phi) is 3.40. The van der Waals surface area contributed by atoms with E-state index in [9.17, 15) is 4.79 Å². The van der Waals surface area contributed by atoms with Crippen LogP contribution in [0.1, 0.15) is 20.3 Å². The topological polar surface area (TPSA) is 98.7 Å². The van der Waals surface area contributed by atoms with Crippen molar-refractivity contribution in [1.29, 1.82) is 0 Å². The molecule has 18 heavy (non-hydrogen) atoms. The van der Waals surface area contributed by atoms with Crippen LogP contribution in [-0.2, 0) is 11.3 Å². The number of nitrogens with zero attached hydrogens (tertiary/aromatic N) is 4. The van der Waals surface area contributed by atoms with Crippen molar-refractivity contribution < 1.29 is 4.79 Å². The molecule has 7 nitrogen and oxygen atoms in total. The van der Waals surface area contributed by atoms with Gasteiger partial charge in [0.25, 0.3) is 0 Å². The molecule has 0 aromatic carbocycles. The van der Waals surface area contributed by atoms with Gasteiger partial charge in [-0.2, -0.15) is 0 Å². The molecule has 0 fully saturated rings. The van der Waals surface area contributed by atoms with Gasteiger partial charge in [0, 0.05) is 6.04 Å². The van der Waals surface area contributed by atoms with Crippen molar-refractivity contribution in [2.75, 3.05) is 5.73 Å². The molecule has 1 amide bonds. The minimum absolute atomic E-state index is 0.0687. The van der Waals surface area contributed by atoms with Crippen LogP contribution in [0, 0.1) is 0 Å². The molecule has 0 spiro atoms. The second-order valence-corrected chi connectivity index (χ2v) is 4.18. The van der Waals surface area contributed by atoms with E-state index in [0.717, 1.165) is 6.42 Å². The van der Waals surface area contributed by atoms with Crippen LogP contribution in [-0.4, -0.2) is 31.5 Å². The van der Waals surface area contributed by atoms with Gasteiger partial charge in [-0.1, -0.05) is 6.92 Å². The first kappa shape index (κ1) is 12.3. The molecule has 96 valence electrons. The first-order valence-corrected chi connectivity index (χ1v) is 5.82. The summed E-state index contributed by atoms with van der Waals surface area (Å²) >= 11 is 0. The third kappa shape index (κ3) is 2.39. The van der Waals surface area contributed by atoms with E-state index in [4.69, 9.17) is 5.73 Å². The summed E-state index contributed by atoms with van der Waals surface area (Å²) in [5.41, 5.74) is 6.77. The van der Waals surface area contributed by atoms with E-state index in [2.05, 4.69) is 20.3 Å². The number of imidazole rings is 1. The Labute approximate surface area is 104 Å². The van der Waals surface area contributed by atoms with E-state index in [1.54, 1.807) is 10.9 Å². The summed E-state index contributed by atoms with van der Waals surface area (Å²) < 4.78 is 1.66. The molecule has 3 N–H and O–H groups in total. The van der Waals surface area contributed by atoms with Crippen molar-refractivity contribution in [3.8, 4) is 0 Å². The van der Waals surface area contributed by atoms with E-state index in [0.29, 0.717) is 17.0 Å². The van der Waals surface area contributed by atoms with Gasteiger partial charge in [0.1, 0.15) is 18.4 Å². The molecule has 7 heteroatoms. The molecular formula is C11H16N6O. The summed E-state index contributed by atoms with van der Waals surface area (Å²) in [6.45, 7) is 4.16. The van der Waals surface area contributed by atoms with Crippen molar-refractivity contribution in [3.63, 3.8) is 0 Å². The number of nitrogen functional groups attached to an aromatic ring is 1. The van der Waals surface area contributed by atoms with Gasteiger partial charge in [-0.15, -0.1) is 0 Å². The van der Waals surface area contributed by atoms with Crippen molar-refractivity contribution in [2.24, 2.45) is 0 Å². The number of anilines is 1. The molecule has 2 rings (SSSR count). The largest absolute Gasteiger partial charge is 0.382 e. The summed E-state index contributed by atoms with van der Waals surface area (Å²) in [6.07, 6.45) is 3.81. The molecule has 0 radical (unpaired) electrons. The second-order valence-electron chi connectivity index (χ2n) is 4.18. The van der Waals surface area contributed by atoms with Gasteiger partial charge in [0.2, 0.25) is 5.91 Å². The summed E-state index contributed by atoms with van der Waals surface area (Å²) in [7, 11) is 0. The highest BCUT2D eigenvalue weighted by molar-refractivity contribution is 5.83. The third-order valence-electron chi connectivity index (χ3n) is 2.76. The molecule has 0 aliphatic rings. The fourth-order valence-corrected chi connectivity index (χ4v) is 1.59. The number of nitrogens with one attached hydrogen (secondary N) is 1. The third-order valence-corrected chi connectivity index (χ3v) is 2.76. The molecule has 2 aromatic rings. The molecule has 0 bridgehead atoms. The maximum atomic E-state index is 11.8. The highest BCUT2D eigenvalue weighted by Gasteiger charge is 2.11. The number of rotatable bonds is 4. The molecule has 0 aliphatic heterocycles. The zero-order chi connectivity index (χ0) is 13.1. The van der Waals surface area contributed by atoms with Gasteiger partial charge >= 0.3 is 0 Å². The number of fused-ring (bicyclic) bond motifs is 1. The predicted molar refractivity (Wildman–Crippen MR) is 67.6 cm³/mol. The Morgan fingerprint density at radius 1 is 1.50 bits per heavy atom. The molecule has 0 saturated heterocycles. The summed E-state index contributed by atoms with van der Waals surface area (Å²) in [5, 5.41) is 2.88. The van der Waals surface area contributed by atoms with Gasteiger partial charge < -0.3 is 15.6 Å². The maximum Gasteiger partial charge on any atom is 0.240 e. The summed E-state index contributed by atoms with van der Waals surface area (Å²) in [4.78, 5) is 23.8. The molecule has 1 atom stereocenters. The zero-order valence-electron chi connectivity index (χ0n) is 10.4. The summed E-state index contributed by atoms with van der Waals surface area (Å²) in [6, 6.07) is 0.159. The highest BCUT2D eigenvalue weighted by Crippen LogP contribution is 2.13. The number of hydrogen-bond acceptors (Lipinski definition) is 5.